The highest BCUT2D eigenvalue weighted by atomic mass is 19.4. The molecule has 0 saturated carbocycles. The number of likely N-dealkylation sites (tertiary alicyclic amines) is 1. The van der Waals surface area contributed by atoms with Crippen molar-refractivity contribution in [1.82, 2.24) is 15.5 Å². The monoisotopic (exact) mass is 308 g/mol. The molecule has 0 aromatic carbocycles. The van der Waals surface area contributed by atoms with Gasteiger partial charge in [-0.05, 0) is 52.2 Å². The lowest BCUT2D eigenvalue weighted by molar-refractivity contribution is -0.132. The first-order valence-corrected chi connectivity index (χ1v) is 7.82. The lowest BCUT2D eigenvalue weighted by Crippen LogP contribution is -2.39. The summed E-state index contributed by atoms with van der Waals surface area (Å²) in [6, 6.07) is 0. The third-order valence-corrected chi connectivity index (χ3v) is 3.40. The third kappa shape index (κ3) is 9.55. The fraction of sp³-hybridized carbons (Fsp3) is 0.929. The summed E-state index contributed by atoms with van der Waals surface area (Å²) in [5, 5.41) is 5.68. The van der Waals surface area contributed by atoms with Crippen LogP contribution in [0.1, 0.15) is 39.0 Å². The largest absolute Gasteiger partial charge is 0.390 e. The van der Waals surface area contributed by atoms with Gasteiger partial charge in [0.1, 0.15) is 0 Å². The van der Waals surface area contributed by atoms with Gasteiger partial charge >= 0.3 is 6.18 Å². The van der Waals surface area contributed by atoms with Crippen molar-refractivity contribution >= 4 is 5.96 Å². The van der Waals surface area contributed by atoms with Crippen molar-refractivity contribution in [3.8, 4) is 0 Å². The van der Waals surface area contributed by atoms with Gasteiger partial charge in [0.05, 0.1) is 6.42 Å². The van der Waals surface area contributed by atoms with Gasteiger partial charge in [-0.15, -0.1) is 0 Å². The number of rotatable bonds is 8. The standard InChI is InChI=1S/C14H27F3N4/c1-2-18-13(20-9-7-14(15,16)17)19-8-3-4-10-21-11-5-6-12-21/h2-12H2,1H3,(H2,18,19,20). The van der Waals surface area contributed by atoms with Crippen LogP contribution in [0.2, 0.25) is 0 Å². The maximum Gasteiger partial charge on any atom is 0.390 e. The van der Waals surface area contributed by atoms with Crippen molar-refractivity contribution in [3.05, 3.63) is 0 Å². The molecular formula is C14H27F3N4. The number of aliphatic imine (C=N–C) groups is 1. The maximum atomic E-state index is 12.1. The molecule has 0 spiro atoms. The van der Waals surface area contributed by atoms with E-state index >= 15 is 0 Å². The van der Waals surface area contributed by atoms with Crippen LogP contribution in [0.3, 0.4) is 0 Å². The van der Waals surface area contributed by atoms with Gasteiger partial charge in [0, 0.05) is 19.6 Å². The zero-order valence-corrected chi connectivity index (χ0v) is 12.8. The second-order valence-electron chi connectivity index (χ2n) is 5.31. The van der Waals surface area contributed by atoms with Crippen LogP contribution >= 0.6 is 0 Å². The Bertz CT molecular complexity index is 299. The zero-order chi connectivity index (χ0) is 15.6. The highest BCUT2D eigenvalue weighted by Crippen LogP contribution is 2.18. The smallest absolute Gasteiger partial charge is 0.357 e. The molecule has 1 heterocycles. The molecule has 0 unspecified atom stereocenters. The first kappa shape index (κ1) is 18.1. The molecule has 7 heteroatoms. The van der Waals surface area contributed by atoms with Crippen LogP contribution < -0.4 is 10.6 Å². The van der Waals surface area contributed by atoms with E-state index < -0.39 is 12.6 Å². The van der Waals surface area contributed by atoms with Crippen molar-refractivity contribution in [1.29, 1.82) is 0 Å². The summed E-state index contributed by atoms with van der Waals surface area (Å²) in [6.07, 6.45) is -0.318. The molecule has 0 radical (unpaired) electrons. The topological polar surface area (TPSA) is 39.7 Å². The number of halogens is 3. The van der Waals surface area contributed by atoms with E-state index in [9.17, 15) is 13.2 Å². The Morgan fingerprint density at radius 3 is 2.48 bits per heavy atom. The molecule has 0 atom stereocenters. The van der Waals surface area contributed by atoms with Crippen molar-refractivity contribution in [2.45, 2.75) is 45.2 Å². The molecule has 1 fully saturated rings. The Balaban J connectivity index is 2.14. The summed E-state index contributed by atoms with van der Waals surface area (Å²) in [4.78, 5) is 6.76. The number of guanidine groups is 1. The third-order valence-electron chi connectivity index (χ3n) is 3.40. The summed E-state index contributed by atoms with van der Waals surface area (Å²) >= 11 is 0. The van der Waals surface area contributed by atoms with E-state index in [-0.39, 0.29) is 6.54 Å². The molecule has 0 amide bonds. The Hall–Kier alpha value is -0.980. The van der Waals surface area contributed by atoms with Crippen molar-refractivity contribution in [2.24, 2.45) is 4.99 Å². The van der Waals surface area contributed by atoms with Crippen LogP contribution in [0.25, 0.3) is 0 Å². The molecule has 0 aromatic heterocycles. The summed E-state index contributed by atoms with van der Waals surface area (Å²) in [6.45, 7) is 6.56. The molecule has 4 nitrogen and oxygen atoms in total. The minimum atomic E-state index is -4.12. The molecule has 21 heavy (non-hydrogen) atoms. The Morgan fingerprint density at radius 2 is 1.86 bits per heavy atom. The first-order valence-electron chi connectivity index (χ1n) is 7.82. The van der Waals surface area contributed by atoms with E-state index in [2.05, 4.69) is 20.5 Å². The van der Waals surface area contributed by atoms with E-state index in [1.165, 1.54) is 25.9 Å². The summed E-state index contributed by atoms with van der Waals surface area (Å²) < 4.78 is 36.3. The molecule has 1 saturated heterocycles. The lowest BCUT2D eigenvalue weighted by atomic mass is 10.3. The molecule has 124 valence electrons. The van der Waals surface area contributed by atoms with Crippen LogP contribution in [0, 0.1) is 0 Å². The molecule has 1 rings (SSSR count). The van der Waals surface area contributed by atoms with Gasteiger partial charge in [0.25, 0.3) is 0 Å². The lowest BCUT2D eigenvalue weighted by Gasteiger charge is -2.14. The van der Waals surface area contributed by atoms with Gasteiger partial charge < -0.3 is 15.5 Å². The minimum absolute atomic E-state index is 0.136. The SMILES string of the molecule is CCNC(=NCCCCN1CCCC1)NCCC(F)(F)F. The average Bonchev–Trinajstić information content (AvgIpc) is 2.90. The van der Waals surface area contributed by atoms with E-state index in [0.29, 0.717) is 19.0 Å². The molecule has 1 aliphatic rings. The number of nitrogens with one attached hydrogen (secondary N) is 2. The van der Waals surface area contributed by atoms with Crippen LogP contribution in [-0.2, 0) is 0 Å². The number of alkyl halides is 3. The van der Waals surface area contributed by atoms with Crippen molar-refractivity contribution in [3.63, 3.8) is 0 Å². The summed E-state index contributed by atoms with van der Waals surface area (Å²) in [7, 11) is 0. The van der Waals surface area contributed by atoms with Gasteiger partial charge in [-0.25, -0.2) is 0 Å². The van der Waals surface area contributed by atoms with Gasteiger partial charge in [-0.1, -0.05) is 0 Å². The van der Waals surface area contributed by atoms with Gasteiger partial charge in [-0.2, -0.15) is 13.2 Å². The fourth-order valence-corrected chi connectivity index (χ4v) is 2.31. The van der Waals surface area contributed by atoms with E-state index in [4.69, 9.17) is 0 Å². The van der Waals surface area contributed by atoms with Crippen LogP contribution in [-0.4, -0.2) is 56.3 Å². The maximum absolute atomic E-state index is 12.1. The number of hydrogen-bond acceptors (Lipinski definition) is 2. The number of unbranched alkanes of at least 4 members (excludes halogenated alkanes) is 1. The van der Waals surface area contributed by atoms with E-state index in [0.717, 1.165) is 19.4 Å². The Morgan fingerprint density at radius 1 is 1.14 bits per heavy atom. The average molecular weight is 308 g/mol. The van der Waals surface area contributed by atoms with Gasteiger partial charge in [-0.3, -0.25) is 4.99 Å². The molecule has 0 aliphatic carbocycles. The van der Waals surface area contributed by atoms with Crippen molar-refractivity contribution in [2.75, 3.05) is 39.3 Å². The highest BCUT2D eigenvalue weighted by Gasteiger charge is 2.26. The summed E-state index contributed by atoms with van der Waals surface area (Å²) in [5.74, 6) is 0.475. The van der Waals surface area contributed by atoms with Gasteiger partial charge in [0.15, 0.2) is 5.96 Å². The van der Waals surface area contributed by atoms with E-state index in [1.807, 2.05) is 6.92 Å². The van der Waals surface area contributed by atoms with Gasteiger partial charge in [0.2, 0.25) is 0 Å². The molecule has 0 aromatic rings. The second kappa shape index (κ2) is 9.87. The zero-order valence-electron chi connectivity index (χ0n) is 12.8. The molecular weight excluding hydrogens is 281 g/mol. The molecule has 0 bridgehead atoms. The Labute approximate surface area is 125 Å². The van der Waals surface area contributed by atoms with Crippen LogP contribution in [0.4, 0.5) is 13.2 Å². The van der Waals surface area contributed by atoms with E-state index in [1.54, 1.807) is 0 Å². The fourth-order valence-electron chi connectivity index (χ4n) is 2.31. The molecule has 1 aliphatic heterocycles. The quantitative estimate of drug-likeness (QED) is 0.411. The second-order valence-corrected chi connectivity index (χ2v) is 5.31. The summed E-state index contributed by atoms with van der Waals surface area (Å²) in [5.41, 5.74) is 0. The highest BCUT2D eigenvalue weighted by molar-refractivity contribution is 5.79. The first-order chi connectivity index (χ1) is 10.0. The number of hydrogen-bond donors (Lipinski definition) is 2. The van der Waals surface area contributed by atoms with Crippen LogP contribution in [0.15, 0.2) is 4.99 Å². The predicted octanol–water partition coefficient (Wildman–Crippen LogP) is 2.37. The number of nitrogens with zero attached hydrogens (tertiary/aromatic N) is 2. The van der Waals surface area contributed by atoms with Crippen molar-refractivity contribution < 1.29 is 13.2 Å². The predicted molar refractivity (Wildman–Crippen MR) is 79.6 cm³/mol. The molecule has 2 N–H and O–H groups in total. The normalized spacial score (nSPS) is 17.2. The Kier molecular flexibility index (Phi) is 8.49. The minimum Gasteiger partial charge on any atom is -0.357 e. The van der Waals surface area contributed by atoms with Crippen LogP contribution in [0.5, 0.6) is 0 Å².